The first-order valence-electron chi connectivity index (χ1n) is 4.84. The van der Waals surface area contributed by atoms with Gasteiger partial charge in [-0.3, -0.25) is 0 Å². The van der Waals surface area contributed by atoms with Crippen LogP contribution in [0.2, 0.25) is 0 Å². The summed E-state index contributed by atoms with van der Waals surface area (Å²) in [5.74, 6) is -1.55. The van der Waals surface area contributed by atoms with Crippen molar-refractivity contribution in [3.8, 4) is 11.8 Å². The Morgan fingerprint density at radius 2 is 2.06 bits per heavy atom. The maximum absolute atomic E-state index is 13.3. The van der Waals surface area contributed by atoms with Crippen LogP contribution in [0.3, 0.4) is 0 Å². The Hall–Kier alpha value is -2.08. The number of ether oxygens (including phenoxy) is 1. The molecule has 0 spiro atoms. The number of benzene rings is 1. The van der Waals surface area contributed by atoms with E-state index >= 15 is 0 Å². The maximum Gasteiger partial charge on any atom is 0.322 e. The smallest absolute Gasteiger partial charge is 0.322 e. The van der Waals surface area contributed by atoms with Gasteiger partial charge in [0.05, 0.1) is 5.69 Å². The van der Waals surface area contributed by atoms with E-state index in [4.69, 9.17) is 10.5 Å². The minimum atomic E-state index is -0.687. The zero-order chi connectivity index (χ0) is 12.3. The molecule has 0 aliphatic heterocycles. The summed E-state index contributed by atoms with van der Waals surface area (Å²) in [6, 6.07) is 4.43. The minimum Gasteiger partial charge on any atom is -0.421 e. The highest BCUT2D eigenvalue weighted by molar-refractivity contribution is 5.27. The standard InChI is InChI=1S/C11H9F2N3O/c12-7-1-2-9(13)10(5-7)17-11-15-4-3-8(6-14)16-11/h1-5H,6,14H2. The van der Waals surface area contributed by atoms with Crippen LogP contribution in [0.25, 0.3) is 0 Å². The van der Waals surface area contributed by atoms with E-state index in [1.165, 1.54) is 6.20 Å². The van der Waals surface area contributed by atoms with Gasteiger partial charge in [0.15, 0.2) is 11.6 Å². The summed E-state index contributed by atoms with van der Waals surface area (Å²) in [5.41, 5.74) is 5.93. The first kappa shape index (κ1) is 11.4. The lowest BCUT2D eigenvalue weighted by Gasteiger charge is -2.05. The molecular formula is C11H9F2N3O. The van der Waals surface area contributed by atoms with Gasteiger partial charge in [-0.05, 0) is 18.2 Å². The van der Waals surface area contributed by atoms with Gasteiger partial charge in [-0.15, -0.1) is 0 Å². The Morgan fingerprint density at radius 3 is 2.82 bits per heavy atom. The molecule has 1 heterocycles. The molecule has 0 bridgehead atoms. The van der Waals surface area contributed by atoms with Crippen molar-refractivity contribution in [2.45, 2.75) is 6.54 Å². The molecule has 2 rings (SSSR count). The van der Waals surface area contributed by atoms with Crippen LogP contribution in [0, 0.1) is 11.6 Å². The zero-order valence-electron chi connectivity index (χ0n) is 8.73. The number of hydrogen-bond donors (Lipinski definition) is 1. The number of nitrogens with two attached hydrogens (primary N) is 1. The van der Waals surface area contributed by atoms with Gasteiger partial charge in [-0.25, -0.2) is 13.8 Å². The molecule has 1 aromatic heterocycles. The van der Waals surface area contributed by atoms with Crippen LogP contribution in [-0.2, 0) is 6.54 Å². The van der Waals surface area contributed by atoms with Crippen LogP contribution >= 0.6 is 0 Å². The van der Waals surface area contributed by atoms with Gasteiger partial charge in [0.25, 0.3) is 0 Å². The van der Waals surface area contributed by atoms with Crippen LogP contribution in [0.5, 0.6) is 11.8 Å². The molecule has 88 valence electrons. The highest BCUT2D eigenvalue weighted by atomic mass is 19.1. The van der Waals surface area contributed by atoms with E-state index in [9.17, 15) is 8.78 Å². The second-order valence-electron chi connectivity index (χ2n) is 3.21. The van der Waals surface area contributed by atoms with Crippen molar-refractivity contribution in [1.29, 1.82) is 0 Å². The van der Waals surface area contributed by atoms with Gasteiger partial charge >= 0.3 is 6.01 Å². The second-order valence-corrected chi connectivity index (χ2v) is 3.21. The number of halogens is 2. The van der Waals surface area contributed by atoms with Crippen LogP contribution in [0.15, 0.2) is 30.5 Å². The third-order valence-electron chi connectivity index (χ3n) is 1.99. The van der Waals surface area contributed by atoms with Crippen LogP contribution < -0.4 is 10.5 Å². The molecule has 2 N–H and O–H groups in total. The number of hydrogen-bond acceptors (Lipinski definition) is 4. The van der Waals surface area contributed by atoms with E-state index in [2.05, 4.69) is 9.97 Å². The van der Waals surface area contributed by atoms with Gasteiger partial charge in [0.2, 0.25) is 0 Å². The predicted molar refractivity (Wildman–Crippen MR) is 56.4 cm³/mol. The van der Waals surface area contributed by atoms with Crippen molar-refractivity contribution in [3.05, 3.63) is 47.8 Å². The molecule has 2 aromatic rings. The first-order valence-corrected chi connectivity index (χ1v) is 4.84. The zero-order valence-corrected chi connectivity index (χ0v) is 8.73. The Balaban J connectivity index is 2.27. The summed E-state index contributed by atoms with van der Waals surface area (Å²) in [4.78, 5) is 7.69. The van der Waals surface area contributed by atoms with Crippen LogP contribution in [-0.4, -0.2) is 9.97 Å². The molecule has 0 aliphatic rings. The third kappa shape index (κ3) is 2.73. The van der Waals surface area contributed by atoms with E-state index < -0.39 is 11.6 Å². The van der Waals surface area contributed by atoms with Gasteiger partial charge in [-0.1, -0.05) is 0 Å². The topological polar surface area (TPSA) is 61.0 Å². The minimum absolute atomic E-state index is 0.0718. The average molecular weight is 237 g/mol. The summed E-state index contributed by atoms with van der Waals surface area (Å²) in [7, 11) is 0. The molecule has 0 saturated heterocycles. The fourth-order valence-electron chi connectivity index (χ4n) is 1.19. The Labute approximate surface area is 96.1 Å². The molecule has 0 fully saturated rings. The predicted octanol–water partition coefficient (Wildman–Crippen LogP) is 2.01. The van der Waals surface area contributed by atoms with E-state index in [1.807, 2.05) is 0 Å². The molecule has 0 radical (unpaired) electrons. The lowest BCUT2D eigenvalue weighted by molar-refractivity contribution is 0.405. The lowest BCUT2D eigenvalue weighted by Crippen LogP contribution is -2.02. The third-order valence-corrected chi connectivity index (χ3v) is 1.99. The van der Waals surface area contributed by atoms with Crippen molar-refractivity contribution in [2.75, 3.05) is 0 Å². The fourth-order valence-corrected chi connectivity index (χ4v) is 1.19. The molecule has 6 heteroatoms. The molecule has 0 saturated carbocycles. The van der Waals surface area contributed by atoms with Gasteiger partial charge in [-0.2, -0.15) is 4.98 Å². The normalized spacial score (nSPS) is 10.3. The summed E-state index contributed by atoms with van der Waals surface area (Å²) >= 11 is 0. The Kier molecular flexibility index (Phi) is 3.24. The van der Waals surface area contributed by atoms with E-state index in [1.54, 1.807) is 6.07 Å². The first-order chi connectivity index (χ1) is 8.19. The number of aromatic nitrogens is 2. The van der Waals surface area contributed by atoms with Gasteiger partial charge in [0.1, 0.15) is 5.82 Å². The van der Waals surface area contributed by atoms with Gasteiger partial charge in [0, 0.05) is 18.8 Å². The van der Waals surface area contributed by atoms with Gasteiger partial charge < -0.3 is 10.5 Å². The van der Waals surface area contributed by atoms with Crippen molar-refractivity contribution >= 4 is 0 Å². The maximum atomic E-state index is 13.3. The molecule has 17 heavy (non-hydrogen) atoms. The Morgan fingerprint density at radius 1 is 1.24 bits per heavy atom. The SMILES string of the molecule is NCc1ccnc(Oc2cc(F)ccc2F)n1. The second kappa shape index (κ2) is 4.84. The van der Waals surface area contributed by atoms with Crippen molar-refractivity contribution in [1.82, 2.24) is 9.97 Å². The molecule has 0 atom stereocenters. The molecule has 0 amide bonds. The highest BCUT2D eigenvalue weighted by Gasteiger charge is 2.08. The van der Waals surface area contributed by atoms with Crippen molar-refractivity contribution in [3.63, 3.8) is 0 Å². The Bertz CT molecular complexity index is 534. The fraction of sp³-hybridized carbons (Fsp3) is 0.0909. The monoisotopic (exact) mass is 237 g/mol. The largest absolute Gasteiger partial charge is 0.421 e. The quantitative estimate of drug-likeness (QED) is 0.886. The van der Waals surface area contributed by atoms with Crippen molar-refractivity contribution in [2.24, 2.45) is 5.73 Å². The van der Waals surface area contributed by atoms with E-state index in [0.717, 1.165) is 18.2 Å². The van der Waals surface area contributed by atoms with Crippen molar-refractivity contribution < 1.29 is 13.5 Å². The summed E-state index contributed by atoms with van der Waals surface area (Å²) in [6.45, 7) is 0.213. The molecule has 4 nitrogen and oxygen atoms in total. The average Bonchev–Trinajstić information content (AvgIpc) is 2.34. The van der Waals surface area contributed by atoms with E-state index in [0.29, 0.717) is 5.69 Å². The summed E-state index contributed by atoms with van der Waals surface area (Å²) in [6.07, 6.45) is 1.43. The summed E-state index contributed by atoms with van der Waals surface area (Å²) in [5, 5.41) is 0. The molecule has 1 aromatic carbocycles. The highest BCUT2D eigenvalue weighted by Crippen LogP contribution is 2.22. The molecule has 0 unspecified atom stereocenters. The number of rotatable bonds is 3. The molecule has 0 aliphatic carbocycles. The molecular weight excluding hydrogens is 228 g/mol. The van der Waals surface area contributed by atoms with Crippen LogP contribution in [0.1, 0.15) is 5.69 Å². The lowest BCUT2D eigenvalue weighted by atomic mass is 10.3. The summed E-state index contributed by atoms with van der Waals surface area (Å²) < 4.78 is 31.2. The number of nitrogens with zero attached hydrogens (tertiary/aromatic N) is 2. The van der Waals surface area contributed by atoms with Crippen LogP contribution in [0.4, 0.5) is 8.78 Å². The van der Waals surface area contributed by atoms with E-state index in [-0.39, 0.29) is 18.3 Å².